The van der Waals surface area contributed by atoms with Crippen LogP contribution in [0.3, 0.4) is 0 Å². The van der Waals surface area contributed by atoms with Crippen LogP contribution in [0.25, 0.3) is 0 Å². The highest BCUT2D eigenvalue weighted by Crippen LogP contribution is 2.68. The molecule has 6 rings (SSSR count). The molecule has 0 bridgehead atoms. The molecule has 3 saturated carbocycles. The van der Waals surface area contributed by atoms with Gasteiger partial charge in [0.2, 0.25) is 0 Å². The van der Waals surface area contributed by atoms with E-state index < -0.39 is 12.1 Å². The maximum atomic E-state index is 13.7. The zero-order valence-electron chi connectivity index (χ0n) is 24.7. The molecule has 0 aromatic heterocycles. The zero-order chi connectivity index (χ0) is 27.5. The average Bonchev–Trinajstić information content (AvgIpc) is 3.40. The first-order valence-electron chi connectivity index (χ1n) is 15.5. The van der Waals surface area contributed by atoms with Crippen LogP contribution in [-0.4, -0.2) is 60.5 Å². The zero-order valence-corrected chi connectivity index (χ0v) is 24.7. The minimum Gasteiger partial charge on any atom is -0.452 e. The Kier molecular flexibility index (Phi) is 6.97. The van der Waals surface area contributed by atoms with E-state index in [1.165, 1.54) is 45.6 Å². The van der Waals surface area contributed by atoms with Gasteiger partial charge < -0.3 is 14.5 Å². The largest absolute Gasteiger partial charge is 0.452 e. The van der Waals surface area contributed by atoms with E-state index in [0.29, 0.717) is 11.8 Å². The van der Waals surface area contributed by atoms with Crippen LogP contribution >= 0.6 is 0 Å². The molecule has 1 aromatic rings. The Hall–Kier alpha value is -2.14. The lowest BCUT2D eigenvalue weighted by Gasteiger charge is -2.58. The number of allylic oxidation sites excluding steroid dienone is 1. The van der Waals surface area contributed by atoms with Gasteiger partial charge in [-0.15, -0.1) is 0 Å². The number of esters is 1. The van der Waals surface area contributed by atoms with Gasteiger partial charge in [0.1, 0.15) is 0 Å². The van der Waals surface area contributed by atoms with Crippen LogP contribution in [0, 0.1) is 34.5 Å². The summed E-state index contributed by atoms with van der Waals surface area (Å²) in [7, 11) is 4.27. The summed E-state index contributed by atoms with van der Waals surface area (Å²) in [6, 6.07) is 10.8. The van der Waals surface area contributed by atoms with Crippen molar-refractivity contribution in [2.24, 2.45) is 34.5 Å². The minimum atomic E-state index is -0.773. The van der Waals surface area contributed by atoms with Gasteiger partial charge in [0.05, 0.1) is 0 Å². The van der Waals surface area contributed by atoms with Gasteiger partial charge in [0, 0.05) is 39.0 Å². The van der Waals surface area contributed by atoms with Gasteiger partial charge in [-0.2, -0.15) is 0 Å². The summed E-state index contributed by atoms with van der Waals surface area (Å²) in [5.41, 5.74) is 3.42. The first kappa shape index (κ1) is 27.1. The molecule has 39 heavy (non-hydrogen) atoms. The van der Waals surface area contributed by atoms with E-state index in [-0.39, 0.29) is 17.4 Å². The number of benzene rings is 1. The molecule has 0 radical (unpaired) electrons. The highest BCUT2D eigenvalue weighted by atomic mass is 16.5. The molecular formula is C34H48N2O3. The van der Waals surface area contributed by atoms with Crippen molar-refractivity contribution in [1.82, 2.24) is 9.80 Å². The molecule has 5 aliphatic rings. The Morgan fingerprint density at radius 1 is 1.08 bits per heavy atom. The first-order chi connectivity index (χ1) is 18.6. The first-order valence-corrected chi connectivity index (χ1v) is 15.5. The molecule has 1 aromatic carbocycles. The van der Waals surface area contributed by atoms with Crippen molar-refractivity contribution < 1.29 is 14.3 Å². The van der Waals surface area contributed by atoms with Crippen LogP contribution in [0.1, 0.15) is 77.7 Å². The highest BCUT2D eigenvalue weighted by molar-refractivity contribution is 5.84. The molecule has 1 spiro atoms. The quantitative estimate of drug-likeness (QED) is 0.351. The van der Waals surface area contributed by atoms with E-state index in [0.717, 1.165) is 54.5 Å². The molecular weight excluding hydrogens is 484 g/mol. The number of likely N-dealkylation sites (N-methyl/N-ethyl adjacent to an activating group) is 1. The Bertz CT molecular complexity index is 1130. The van der Waals surface area contributed by atoms with Gasteiger partial charge in [-0.25, -0.2) is 0 Å². The highest BCUT2D eigenvalue weighted by Gasteiger charge is 2.64. The number of carbonyl (C=O) groups excluding carboxylic acids is 2. The van der Waals surface area contributed by atoms with Crippen LogP contribution in [0.5, 0.6) is 0 Å². The topological polar surface area (TPSA) is 49.9 Å². The van der Waals surface area contributed by atoms with Crippen LogP contribution in [0.2, 0.25) is 0 Å². The van der Waals surface area contributed by atoms with Crippen LogP contribution in [0.15, 0.2) is 42.0 Å². The summed E-state index contributed by atoms with van der Waals surface area (Å²) in [4.78, 5) is 30.1. The predicted octanol–water partition coefficient (Wildman–Crippen LogP) is 5.88. The number of rotatable bonds is 5. The molecule has 0 unspecified atom stereocenters. The maximum Gasteiger partial charge on any atom is 0.303 e. The number of nitrogens with zero attached hydrogens (tertiary/aromatic N) is 2. The summed E-state index contributed by atoms with van der Waals surface area (Å²) in [6.45, 7) is 7.73. The summed E-state index contributed by atoms with van der Waals surface area (Å²) >= 11 is 0. The molecule has 4 aliphatic carbocycles. The maximum absolute atomic E-state index is 13.7. The molecule has 1 aliphatic heterocycles. The standard InChI is InChI=1S/C34H48N2O3/c1-22-28-13-14-30-27-12-11-25-20-26(15-17-33(25,3)29(27)16-18-34(28,30)21-35(22)4)36(5)32(38)31(39-23(2)37)19-24-9-7-6-8-10-24/h6-11,22,26-31H,12-21H2,1-5H3/t22-,26-,27+,28+,29-,30-,31-,33-,34-/m0/s1. The van der Waals surface area contributed by atoms with E-state index >= 15 is 0 Å². The third-order valence-corrected chi connectivity index (χ3v) is 12.4. The fourth-order valence-electron chi connectivity index (χ4n) is 10.4. The van der Waals surface area contributed by atoms with Crippen molar-refractivity contribution >= 4 is 11.9 Å². The number of fused-ring (bicyclic) bond motifs is 4. The lowest BCUT2D eigenvalue weighted by atomic mass is 9.47. The smallest absolute Gasteiger partial charge is 0.303 e. The molecule has 0 N–H and O–H groups in total. The van der Waals surface area contributed by atoms with Crippen molar-refractivity contribution in [2.45, 2.75) is 96.7 Å². The lowest BCUT2D eigenvalue weighted by Crippen LogP contribution is -2.53. The molecule has 4 fully saturated rings. The summed E-state index contributed by atoms with van der Waals surface area (Å²) in [6.07, 6.45) is 12.2. The predicted molar refractivity (Wildman–Crippen MR) is 154 cm³/mol. The van der Waals surface area contributed by atoms with E-state index in [9.17, 15) is 9.59 Å². The van der Waals surface area contributed by atoms with Crippen molar-refractivity contribution in [3.05, 3.63) is 47.5 Å². The monoisotopic (exact) mass is 532 g/mol. The third-order valence-electron chi connectivity index (χ3n) is 12.4. The van der Waals surface area contributed by atoms with Gasteiger partial charge >= 0.3 is 5.97 Å². The summed E-state index contributed by atoms with van der Waals surface area (Å²) in [5, 5.41) is 0. The van der Waals surface area contributed by atoms with Crippen molar-refractivity contribution in [3.8, 4) is 0 Å². The Morgan fingerprint density at radius 2 is 1.82 bits per heavy atom. The number of ether oxygens (including phenoxy) is 1. The van der Waals surface area contributed by atoms with E-state index in [4.69, 9.17) is 4.74 Å². The van der Waals surface area contributed by atoms with Crippen molar-refractivity contribution in [2.75, 3.05) is 20.6 Å². The number of likely N-dealkylation sites (tertiary alicyclic amines) is 1. The van der Waals surface area contributed by atoms with Gasteiger partial charge in [-0.3, -0.25) is 9.59 Å². The average molecular weight is 533 g/mol. The normalized spacial score (nSPS) is 40.0. The van der Waals surface area contributed by atoms with Crippen molar-refractivity contribution in [1.29, 1.82) is 0 Å². The Balaban J connectivity index is 1.17. The SMILES string of the molecule is CC(=O)O[C@@H](Cc1ccccc1)C(=O)N(C)[C@H]1CC[C@@]2(C)C(=CC[C@H]3[C@@H]4CC[C@@H]5[C@H](C)N(C)C[C@@]54CC[C@@H]32)C1. The second kappa shape index (κ2) is 10.0. The van der Waals surface area contributed by atoms with Gasteiger partial charge in [0.15, 0.2) is 6.10 Å². The van der Waals surface area contributed by atoms with Gasteiger partial charge in [-0.05, 0) is 105 Å². The Labute approximate surface area is 235 Å². The van der Waals surface area contributed by atoms with Crippen LogP contribution in [-0.2, 0) is 20.7 Å². The number of amides is 1. The molecule has 212 valence electrons. The Morgan fingerprint density at radius 3 is 2.56 bits per heavy atom. The van der Waals surface area contributed by atoms with Crippen molar-refractivity contribution in [3.63, 3.8) is 0 Å². The number of hydrogen-bond donors (Lipinski definition) is 0. The van der Waals surface area contributed by atoms with Gasteiger partial charge in [-0.1, -0.05) is 48.9 Å². The number of carbonyl (C=O) groups is 2. The molecule has 9 atom stereocenters. The van der Waals surface area contributed by atoms with Crippen LogP contribution < -0.4 is 0 Å². The molecule has 1 heterocycles. The summed E-state index contributed by atoms with van der Waals surface area (Å²) in [5.74, 6) is 2.90. The van der Waals surface area contributed by atoms with E-state index in [2.05, 4.69) is 31.9 Å². The van der Waals surface area contributed by atoms with E-state index in [1.54, 1.807) is 5.57 Å². The fraction of sp³-hybridized carbons (Fsp3) is 0.706. The molecule has 1 saturated heterocycles. The van der Waals surface area contributed by atoms with Gasteiger partial charge in [0.25, 0.3) is 5.91 Å². The molecule has 1 amide bonds. The second-order valence-corrected chi connectivity index (χ2v) is 14.0. The second-order valence-electron chi connectivity index (χ2n) is 14.0. The van der Waals surface area contributed by atoms with Crippen LogP contribution in [0.4, 0.5) is 0 Å². The van der Waals surface area contributed by atoms with E-state index in [1.807, 2.05) is 42.3 Å². The third kappa shape index (κ3) is 4.38. The number of hydrogen-bond acceptors (Lipinski definition) is 4. The summed E-state index contributed by atoms with van der Waals surface area (Å²) < 4.78 is 5.57. The minimum absolute atomic E-state index is 0.0759. The fourth-order valence-corrected chi connectivity index (χ4v) is 10.4. The molecule has 5 heteroatoms. The molecule has 5 nitrogen and oxygen atoms in total. The lowest BCUT2D eigenvalue weighted by molar-refractivity contribution is -0.159.